The molecule has 0 N–H and O–H groups in total. The van der Waals surface area contributed by atoms with Crippen molar-refractivity contribution >= 4 is 44.9 Å². The summed E-state index contributed by atoms with van der Waals surface area (Å²) in [4.78, 5) is 14.5. The van der Waals surface area contributed by atoms with Crippen molar-refractivity contribution in [2.75, 3.05) is 0 Å². The molecule has 0 amide bonds. The van der Waals surface area contributed by atoms with Crippen molar-refractivity contribution in [1.82, 2.24) is 4.98 Å². The van der Waals surface area contributed by atoms with E-state index < -0.39 is 4.92 Å². The summed E-state index contributed by atoms with van der Waals surface area (Å²) in [6.07, 6.45) is 3.60. The number of fused-ring (bicyclic) bond motifs is 1. The molecular weight excluding hydrogens is 336 g/mol. The van der Waals surface area contributed by atoms with Crippen LogP contribution in [0.5, 0.6) is 0 Å². The summed E-state index contributed by atoms with van der Waals surface area (Å²) in [5.41, 5.74) is 1.99. The Morgan fingerprint density at radius 1 is 1.14 bits per heavy atom. The summed E-state index contributed by atoms with van der Waals surface area (Å²) in [6, 6.07) is 12.1. The summed E-state index contributed by atoms with van der Waals surface area (Å²) >= 11 is 3.37. The van der Waals surface area contributed by atoms with Crippen molar-refractivity contribution < 1.29 is 9.34 Å². The largest absolute Gasteiger partial charge is 0.436 e. The molecule has 0 aliphatic carbocycles. The Bertz CT molecular complexity index is 838. The number of hydrogen-bond acceptors (Lipinski definition) is 4. The van der Waals surface area contributed by atoms with Crippen molar-refractivity contribution in [3.05, 3.63) is 68.5 Å². The SMILES string of the molecule is O=[N+]([O-])c1ccc2nc(/C=C/c3ccc(Br)cc3)oc2c1. The molecule has 104 valence electrons. The zero-order valence-corrected chi connectivity index (χ0v) is 12.3. The van der Waals surface area contributed by atoms with Gasteiger partial charge in [-0.2, -0.15) is 0 Å². The van der Waals surface area contributed by atoms with E-state index in [2.05, 4.69) is 20.9 Å². The summed E-state index contributed by atoms with van der Waals surface area (Å²) in [6.45, 7) is 0. The van der Waals surface area contributed by atoms with Crippen LogP contribution in [0, 0.1) is 10.1 Å². The van der Waals surface area contributed by atoms with Gasteiger partial charge in [-0.1, -0.05) is 28.1 Å². The highest BCUT2D eigenvalue weighted by Crippen LogP contribution is 2.22. The number of nitro groups is 1. The average molecular weight is 345 g/mol. The molecule has 3 rings (SSSR count). The Kier molecular flexibility index (Phi) is 3.53. The van der Waals surface area contributed by atoms with Gasteiger partial charge in [-0.25, -0.2) is 4.98 Å². The molecule has 1 aromatic heterocycles. The maximum Gasteiger partial charge on any atom is 0.273 e. The van der Waals surface area contributed by atoms with Gasteiger partial charge < -0.3 is 4.42 Å². The first kappa shape index (κ1) is 13.5. The first-order valence-corrected chi connectivity index (χ1v) is 6.90. The molecule has 0 spiro atoms. The fraction of sp³-hybridized carbons (Fsp3) is 0. The average Bonchev–Trinajstić information content (AvgIpc) is 2.88. The Morgan fingerprint density at radius 2 is 1.90 bits per heavy atom. The number of oxazole rings is 1. The molecular formula is C15H9BrN2O3. The molecule has 0 fully saturated rings. The molecule has 1 heterocycles. The Balaban J connectivity index is 1.90. The molecule has 0 saturated heterocycles. The fourth-order valence-corrected chi connectivity index (χ4v) is 2.12. The highest BCUT2D eigenvalue weighted by atomic mass is 79.9. The number of halogens is 1. The molecule has 6 heteroatoms. The maximum atomic E-state index is 10.7. The quantitative estimate of drug-likeness (QED) is 0.511. The van der Waals surface area contributed by atoms with Crippen molar-refractivity contribution in [2.45, 2.75) is 0 Å². The first-order chi connectivity index (χ1) is 10.1. The molecule has 0 saturated carbocycles. The molecule has 0 aliphatic heterocycles. The summed E-state index contributed by atoms with van der Waals surface area (Å²) < 4.78 is 6.50. The Morgan fingerprint density at radius 3 is 2.62 bits per heavy atom. The van der Waals surface area contributed by atoms with Crippen molar-refractivity contribution in [2.24, 2.45) is 0 Å². The van der Waals surface area contributed by atoms with E-state index in [1.54, 1.807) is 12.1 Å². The third-order valence-electron chi connectivity index (χ3n) is 2.89. The van der Waals surface area contributed by atoms with Crippen LogP contribution in [0.25, 0.3) is 23.3 Å². The molecule has 0 atom stereocenters. The molecule has 3 aromatic rings. The predicted octanol–water partition coefficient (Wildman–Crippen LogP) is 4.67. The number of nitrogens with zero attached hydrogens (tertiary/aromatic N) is 2. The number of rotatable bonds is 3. The molecule has 21 heavy (non-hydrogen) atoms. The van der Waals surface area contributed by atoms with E-state index in [-0.39, 0.29) is 5.69 Å². The van der Waals surface area contributed by atoms with Crippen LogP contribution in [-0.2, 0) is 0 Å². The Hall–Kier alpha value is -2.47. The smallest absolute Gasteiger partial charge is 0.273 e. The van der Waals surface area contributed by atoms with Crippen molar-refractivity contribution in [1.29, 1.82) is 0 Å². The minimum Gasteiger partial charge on any atom is -0.436 e. The minimum absolute atomic E-state index is 0.0120. The fourth-order valence-electron chi connectivity index (χ4n) is 1.86. The zero-order chi connectivity index (χ0) is 14.8. The van der Waals surface area contributed by atoms with Crippen LogP contribution in [0.2, 0.25) is 0 Å². The van der Waals surface area contributed by atoms with Gasteiger partial charge in [-0.15, -0.1) is 0 Å². The van der Waals surface area contributed by atoms with Gasteiger partial charge in [0.05, 0.1) is 11.0 Å². The lowest BCUT2D eigenvalue weighted by Gasteiger charge is -1.92. The predicted molar refractivity (Wildman–Crippen MR) is 83.7 cm³/mol. The first-order valence-electron chi connectivity index (χ1n) is 6.10. The van der Waals surface area contributed by atoms with E-state index in [1.807, 2.05) is 30.3 Å². The van der Waals surface area contributed by atoms with Gasteiger partial charge in [0.1, 0.15) is 5.52 Å². The lowest BCUT2D eigenvalue weighted by molar-refractivity contribution is -0.384. The molecule has 0 unspecified atom stereocenters. The van der Waals surface area contributed by atoms with Gasteiger partial charge in [0.25, 0.3) is 5.69 Å². The highest BCUT2D eigenvalue weighted by Gasteiger charge is 2.10. The standard InChI is InChI=1S/C15H9BrN2O3/c16-11-4-1-10(2-5-11)3-8-15-17-13-7-6-12(18(19)20)9-14(13)21-15/h1-9H/b8-3+. The maximum absolute atomic E-state index is 10.7. The van der Waals surface area contributed by atoms with Crippen LogP contribution in [0.3, 0.4) is 0 Å². The van der Waals surface area contributed by atoms with E-state index in [9.17, 15) is 10.1 Å². The highest BCUT2D eigenvalue weighted by molar-refractivity contribution is 9.10. The summed E-state index contributed by atoms with van der Waals surface area (Å²) in [5, 5.41) is 10.7. The Labute approximate surface area is 128 Å². The van der Waals surface area contributed by atoms with Gasteiger partial charge in [-0.3, -0.25) is 10.1 Å². The van der Waals surface area contributed by atoms with Crippen LogP contribution < -0.4 is 0 Å². The van der Waals surface area contributed by atoms with E-state index in [1.165, 1.54) is 12.1 Å². The van der Waals surface area contributed by atoms with Crippen LogP contribution in [0.15, 0.2) is 51.4 Å². The molecule has 5 nitrogen and oxygen atoms in total. The van der Waals surface area contributed by atoms with Crippen LogP contribution in [0.1, 0.15) is 11.5 Å². The topological polar surface area (TPSA) is 69.2 Å². The second kappa shape index (κ2) is 5.49. The van der Waals surface area contributed by atoms with E-state index in [0.717, 1.165) is 10.0 Å². The minimum atomic E-state index is -0.459. The number of nitro benzene ring substituents is 1. The second-order valence-corrected chi connectivity index (χ2v) is 5.26. The van der Waals surface area contributed by atoms with Gasteiger partial charge in [-0.05, 0) is 29.8 Å². The monoisotopic (exact) mass is 344 g/mol. The van der Waals surface area contributed by atoms with Gasteiger partial charge >= 0.3 is 0 Å². The number of benzene rings is 2. The molecule has 0 bridgehead atoms. The van der Waals surface area contributed by atoms with Gasteiger partial charge in [0.2, 0.25) is 5.89 Å². The van der Waals surface area contributed by atoms with E-state index >= 15 is 0 Å². The van der Waals surface area contributed by atoms with Gasteiger partial charge in [0, 0.05) is 16.6 Å². The lowest BCUT2D eigenvalue weighted by Crippen LogP contribution is -1.86. The lowest BCUT2D eigenvalue weighted by atomic mass is 10.2. The number of non-ortho nitro benzene ring substituents is 1. The normalized spacial score (nSPS) is 11.3. The van der Waals surface area contributed by atoms with Crippen LogP contribution >= 0.6 is 15.9 Å². The van der Waals surface area contributed by atoms with Crippen LogP contribution in [0.4, 0.5) is 5.69 Å². The van der Waals surface area contributed by atoms with Gasteiger partial charge in [0.15, 0.2) is 5.58 Å². The number of hydrogen-bond donors (Lipinski definition) is 0. The van der Waals surface area contributed by atoms with Crippen molar-refractivity contribution in [3.63, 3.8) is 0 Å². The molecule has 2 aromatic carbocycles. The third-order valence-corrected chi connectivity index (χ3v) is 3.42. The summed E-state index contributed by atoms with van der Waals surface area (Å²) in [5.74, 6) is 0.411. The molecule has 0 aliphatic rings. The molecule has 0 radical (unpaired) electrons. The summed E-state index contributed by atoms with van der Waals surface area (Å²) in [7, 11) is 0. The third kappa shape index (κ3) is 3.00. The van der Waals surface area contributed by atoms with E-state index in [0.29, 0.717) is 17.0 Å². The van der Waals surface area contributed by atoms with E-state index in [4.69, 9.17) is 4.42 Å². The second-order valence-electron chi connectivity index (χ2n) is 4.35. The zero-order valence-electron chi connectivity index (χ0n) is 10.7. The van der Waals surface area contributed by atoms with Crippen molar-refractivity contribution in [3.8, 4) is 0 Å². The number of aromatic nitrogens is 1. The van der Waals surface area contributed by atoms with Crippen LogP contribution in [-0.4, -0.2) is 9.91 Å².